The molecule has 18 heavy (non-hydrogen) atoms. The normalized spacial score (nSPS) is 10.8. The van der Waals surface area contributed by atoms with Gasteiger partial charge in [0.1, 0.15) is 5.82 Å². The van der Waals surface area contributed by atoms with Gasteiger partial charge in [-0.15, -0.1) is 5.10 Å². The molecule has 0 unspecified atom stereocenters. The first-order valence-corrected chi connectivity index (χ1v) is 6.12. The van der Waals surface area contributed by atoms with Crippen LogP contribution in [-0.4, -0.2) is 21.5 Å². The van der Waals surface area contributed by atoms with Gasteiger partial charge < -0.3 is 5.32 Å². The summed E-state index contributed by atoms with van der Waals surface area (Å²) in [6, 6.07) is 4.75. The molecule has 0 amide bonds. The number of halogens is 2. The highest BCUT2D eigenvalue weighted by atomic mass is 35.5. The molecule has 0 fully saturated rings. The molecule has 0 aliphatic carbocycles. The van der Waals surface area contributed by atoms with E-state index in [1.165, 1.54) is 6.07 Å². The number of aromatic nitrogens is 3. The second-order valence-corrected chi connectivity index (χ2v) is 4.35. The number of rotatable bonds is 6. The summed E-state index contributed by atoms with van der Waals surface area (Å²) in [4.78, 5) is 0. The smallest absolute Gasteiger partial charge is 0.141 e. The van der Waals surface area contributed by atoms with Gasteiger partial charge in [-0.1, -0.05) is 22.9 Å². The second kappa shape index (κ2) is 6.47. The van der Waals surface area contributed by atoms with Crippen LogP contribution in [0, 0.1) is 5.82 Å². The lowest BCUT2D eigenvalue weighted by molar-refractivity contribution is 0.530. The monoisotopic (exact) mass is 268 g/mol. The van der Waals surface area contributed by atoms with E-state index in [9.17, 15) is 4.39 Å². The Bertz CT molecular complexity index is 487. The molecule has 1 aromatic carbocycles. The second-order valence-electron chi connectivity index (χ2n) is 3.94. The maximum atomic E-state index is 12.9. The van der Waals surface area contributed by atoms with Crippen molar-refractivity contribution in [2.45, 2.75) is 19.5 Å². The van der Waals surface area contributed by atoms with Crippen LogP contribution in [0.15, 0.2) is 30.6 Å². The van der Waals surface area contributed by atoms with Crippen LogP contribution in [0.5, 0.6) is 0 Å². The third kappa shape index (κ3) is 3.78. The minimum Gasteiger partial charge on any atom is -0.313 e. The predicted molar refractivity (Wildman–Crippen MR) is 67.8 cm³/mol. The Morgan fingerprint density at radius 2 is 2.28 bits per heavy atom. The Morgan fingerprint density at radius 1 is 1.39 bits per heavy atom. The van der Waals surface area contributed by atoms with Crippen molar-refractivity contribution >= 4 is 11.6 Å². The van der Waals surface area contributed by atoms with Crippen molar-refractivity contribution in [3.63, 3.8) is 0 Å². The van der Waals surface area contributed by atoms with E-state index >= 15 is 0 Å². The van der Waals surface area contributed by atoms with Gasteiger partial charge in [-0.05, 0) is 30.7 Å². The van der Waals surface area contributed by atoms with Crippen molar-refractivity contribution in [1.29, 1.82) is 0 Å². The fourth-order valence-electron chi connectivity index (χ4n) is 1.60. The molecule has 0 atom stereocenters. The Morgan fingerprint density at radius 3 is 3.00 bits per heavy atom. The van der Waals surface area contributed by atoms with Crippen LogP contribution < -0.4 is 5.32 Å². The zero-order chi connectivity index (χ0) is 12.8. The van der Waals surface area contributed by atoms with Gasteiger partial charge in [0, 0.05) is 19.3 Å². The lowest BCUT2D eigenvalue weighted by Crippen LogP contribution is -2.16. The van der Waals surface area contributed by atoms with E-state index in [1.54, 1.807) is 23.0 Å². The summed E-state index contributed by atoms with van der Waals surface area (Å²) >= 11 is 5.70. The van der Waals surface area contributed by atoms with Crippen molar-refractivity contribution in [2.24, 2.45) is 0 Å². The molecule has 0 radical (unpaired) electrons. The van der Waals surface area contributed by atoms with Crippen molar-refractivity contribution < 1.29 is 4.39 Å². The zero-order valence-electron chi connectivity index (χ0n) is 9.81. The summed E-state index contributed by atoms with van der Waals surface area (Å²) in [5.41, 5.74) is 0.974. The molecule has 6 heteroatoms. The molecule has 2 aromatic rings. The highest BCUT2D eigenvalue weighted by Gasteiger charge is 2.00. The Balaban J connectivity index is 1.67. The van der Waals surface area contributed by atoms with E-state index < -0.39 is 0 Å². The van der Waals surface area contributed by atoms with Gasteiger partial charge >= 0.3 is 0 Å². The third-order valence-electron chi connectivity index (χ3n) is 2.53. The van der Waals surface area contributed by atoms with E-state index in [0.29, 0.717) is 6.54 Å². The van der Waals surface area contributed by atoms with Crippen LogP contribution in [0.4, 0.5) is 4.39 Å². The Kier molecular flexibility index (Phi) is 4.66. The lowest BCUT2D eigenvalue weighted by Gasteiger charge is -2.05. The van der Waals surface area contributed by atoms with Gasteiger partial charge in [-0.2, -0.15) is 0 Å². The summed E-state index contributed by atoms with van der Waals surface area (Å²) in [6.45, 7) is 2.36. The lowest BCUT2D eigenvalue weighted by atomic mass is 10.2. The van der Waals surface area contributed by atoms with Crippen LogP contribution in [0.2, 0.25) is 5.02 Å². The van der Waals surface area contributed by atoms with E-state index in [1.807, 2.05) is 6.20 Å². The summed E-state index contributed by atoms with van der Waals surface area (Å²) < 4.78 is 14.7. The molecule has 1 N–H and O–H groups in total. The number of hydrogen-bond donors (Lipinski definition) is 1. The van der Waals surface area contributed by atoms with Gasteiger partial charge in [-0.3, -0.25) is 4.68 Å². The number of hydrogen-bond acceptors (Lipinski definition) is 3. The fourth-order valence-corrected chi connectivity index (χ4v) is 1.80. The van der Waals surface area contributed by atoms with Crippen molar-refractivity contribution in [3.8, 4) is 0 Å². The van der Waals surface area contributed by atoms with Gasteiger partial charge in [-0.25, -0.2) is 4.39 Å². The Hall–Kier alpha value is -1.46. The maximum absolute atomic E-state index is 12.9. The molecule has 2 rings (SSSR count). The zero-order valence-corrected chi connectivity index (χ0v) is 10.6. The van der Waals surface area contributed by atoms with E-state index in [-0.39, 0.29) is 10.8 Å². The van der Waals surface area contributed by atoms with Crippen molar-refractivity contribution in [3.05, 3.63) is 47.0 Å². The highest BCUT2D eigenvalue weighted by Crippen LogP contribution is 2.15. The molecule has 1 aromatic heterocycles. The summed E-state index contributed by atoms with van der Waals surface area (Å²) in [5, 5.41) is 11.0. The number of aryl methyl sites for hydroxylation is 1. The summed E-state index contributed by atoms with van der Waals surface area (Å²) in [7, 11) is 0. The van der Waals surface area contributed by atoms with Crippen molar-refractivity contribution in [2.75, 3.05) is 6.54 Å². The van der Waals surface area contributed by atoms with E-state index in [0.717, 1.165) is 25.1 Å². The SMILES string of the molecule is Fc1ccc(CNCCCn2ccnn2)cc1Cl. The molecule has 4 nitrogen and oxygen atoms in total. The minimum absolute atomic E-state index is 0.164. The Labute approximate surface area is 110 Å². The average molecular weight is 269 g/mol. The minimum atomic E-state index is -0.383. The molecular formula is C12H14ClFN4. The standard InChI is InChI=1S/C12H14ClFN4/c13-11-8-10(2-3-12(11)14)9-15-4-1-6-18-7-5-16-17-18/h2-3,5,7-8,15H,1,4,6,9H2. The highest BCUT2D eigenvalue weighted by molar-refractivity contribution is 6.30. The molecular weight excluding hydrogens is 255 g/mol. The molecule has 0 spiro atoms. The molecule has 0 saturated heterocycles. The quantitative estimate of drug-likeness (QED) is 0.817. The first-order chi connectivity index (χ1) is 8.75. The first-order valence-electron chi connectivity index (χ1n) is 5.74. The molecule has 0 aliphatic rings. The predicted octanol–water partition coefficient (Wildman–Crippen LogP) is 2.25. The molecule has 96 valence electrons. The largest absolute Gasteiger partial charge is 0.313 e. The molecule has 0 saturated carbocycles. The van der Waals surface area contributed by atoms with Crippen LogP contribution in [0.3, 0.4) is 0 Å². The van der Waals surface area contributed by atoms with Crippen LogP contribution in [0.1, 0.15) is 12.0 Å². The fraction of sp³-hybridized carbons (Fsp3) is 0.333. The van der Waals surface area contributed by atoms with E-state index in [4.69, 9.17) is 11.6 Å². The topological polar surface area (TPSA) is 42.7 Å². The van der Waals surface area contributed by atoms with Crippen LogP contribution in [0.25, 0.3) is 0 Å². The van der Waals surface area contributed by atoms with Gasteiger partial charge in [0.15, 0.2) is 0 Å². The van der Waals surface area contributed by atoms with Crippen LogP contribution >= 0.6 is 11.6 Å². The number of nitrogens with zero attached hydrogens (tertiary/aromatic N) is 3. The third-order valence-corrected chi connectivity index (χ3v) is 2.82. The number of nitrogens with one attached hydrogen (secondary N) is 1. The summed E-state index contributed by atoms with van der Waals surface area (Å²) in [5.74, 6) is -0.383. The van der Waals surface area contributed by atoms with Gasteiger partial charge in [0.25, 0.3) is 0 Å². The first kappa shape index (κ1) is 13.0. The summed E-state index contributed by atoms with van der Waals surface area (Å²) in [6.07, 6.45) is 4.45. The van der Waals surface area contributed by atoms with Crippen molar-refractivity contribution in [1.82, 2.24) is 20.3 Å². The van der Waals surface area contributed by atoms with Gasteiger partial charge in [0.2, 0.25) is 0 Å². The molecule has 1 heterocycles. The number of benzene rings is 1. The van der Waals surface area contributed by atoms with Crippen LogP contribution in [-0.2, 0) is 13.1 Å². The molecule has 0 bridgehead atoms. The average Bonchev–Trinajstić information content (AvgIpc) is 2.86. The van der Waals surface area contributed by atoms with Gasteiger partial charge in [0.05, 0.1) is 11.2 Å². The molecule has 0 aliphatic heterocycles. The van der Waals surface area contributed by atoms with E-state index in [2.05, 4.69) is 15.6 Å². The maximum Gasteiger partial charge on any atom is 0.141 e.